The predicted molar refractivity (Wildman–Crippen MR) is 146 cm³/mol. The van der Waals surface area contributed by atoms with E-state index >= 15 is 0 Å². The minimum Gasteiger partial charge on any atom is -0.405 e. The molecule has 1 aliphatic heterocycles. The Morgan fingerprint density at radius 1 is 1.08 bits per heavy atom. The first-order chi connectivity index (χ1) is 17.7. The van der Waals surface area contributed by atoms with Gasteiger partial charge in [-0.3, -0.25) is 14.9 Å². The van der Waals surface area contributed by atoms with Gasteiger partial charge in [-0.05, 0) is 32.6 Å². The van der Waals surface area contributed by atoms with E-state index in [9.17, 15) is 9.59 Å². The normalized spacial score (nSPS) is 18.6. The monoisotopic (exact) mass is 512 g/mol. The van der Waals surface area contributed by atoms with Gasteiger partial charge in [-0.2, -0.15) is 5.10 Å². The van der Waals surface area contributed by atoms with Crippen LogP contribution in [0, 0.1) is 0 Å². The van der Waals surface area contributed by atoms with Crippen LogP contribution < -0.4 is 26.6 Å². The van der Waals surface area contributed by atoms with Crippen molar-refractivity contribution in [2.75, 3.05) is 6.61 Å². The van der Waals surface area contributed by atoms with E-state index in [-0.39, 0.29) is 28.6 Å². The molecule has 0 fully saturated rings. The summed E-state index contributed by atoms with van der Waals surface area (Å²) in [5.74, 6) is -0.168. The fourth-order valence-electron chi connectivity index (χ4n) is 5.77. The topological polar surface area (TPSA) is 93.2 Å². The lowest BCUT2D eigenvalue weighted by molar-refractivity contribution is -0.118. The van der Waals surface area contributed by atoms with Gasteiger partial charge in [-0.1, -0.05) is 81.4 Å². The van der Waals surface area contributed by atoms with Crippen LogP contribution in [0.3, 0.4) is 0 Å². The zero-order valence-corrected chi connectivity index (χ0v) is 22.6. The molecule has 7 nitrogen and oxygen atoms in total. The van der Waals surface area contributed by atoms with Gasteiger partial charge in [0, 0.05) is 24.6 Å². The number of nitrogens with zero attached hydrogens (tertiary/aromatic N) is 2. The number of carbonyl (C=O) groups excluding carboxylic acids is 1. The van der Waals surface area contributed by atoms with Gasteiger partial charge in [0.1, 0.15) is 0 Å². The highest BCUT2D eigenvalue weighted by molar-refractivity contribution is 6.99. The maximum Gasteiger partial charge on any atom is 0.292 e. The van der Waals surface area contributed by atoms with Crippen LogP contribution in [0.1, 0.15) is 56.5 Å². The van der Waals surface area contributed by atoms with E-state index < -0.39 is 8.32 Å². The average molecular weight is 513 g/mol. The fourth-order valence-corrected chi connectivity index (χ4v) is 10.3. The highest BCUT2D eigenvalue weighted by atomic mass is 28.4. The lowest BCUT2D eigenvalue weighted by Crippen LogP contribution is -2.67. The van der Waals surface area contributed by atoms with Crippen molar-refractivity contribution in [2.45, 2.75) is 51.2 Å². The molecule has 5 rings (SSSR count). The summed E-state index contributed by atoms with van der Waals surface area (Å²) in [5, 5.41) is 16.7. The van der Waals surface area contributed by atoms with Crippen molar-refractivity contribution in [3.05, 3.63) is 106 Å². The summed E-state index contributed by atoms with van der Waals surface area (Å²) < 4.78 is 7.17. The molecule has 3 aromatic rings. The lowest BCUT2D eigenvalue weighted by Gasteiger charge is -2.43. The SMILES string of the molecule is CC(=O)NC1=CC2NC(CO[Si](c3ccccc3)(c3ccccc3)C(C)(C)C)c3cnnc(=O)c(c32)C1. The summed E-state index contributed by atoms with van der Waals surface area (Å²) in [6.07, 6.45) is 3.99. The third kappa shape index (κ3) is 4.56. The standard InChI is InChI=1S/C29H32N4O3Si/c1-19(34)31-20-15-23-27-24(17-30-33-28(23)35)26(32-25(27)16-20)18-36-37(29(2,3)4,21-11-7-5-8-12-21)22-13-9-6-10-14-22/h5-14,16-17,25-26,32H,15,18H2,1-4H3,(H,31,34). The van der Waals surface area contributed by atoms with Crippen LogP contribution >= 0.6 is 0 Å². The molecule has 0 radical (unpaired) electrons. The number of hydrogen-bond acceptors (Lipinski definition) is 6. The van der Waals surface area contributed by atoms with E-state index in [0.717, 1.165) is 11.1 Å². The van der Waals surface area contributed by atoms with Crippen molar-refractivity contribution >= 4 is 24.6 Å². The molecule has 2 aromatic carbocycles. The molecule has 2 unspecified atom stereocenters. The molecule has 2 aliphatic rings. The highest BCUT2D eigenvalue weighted by Gasteiger charge is 2.51. The molecule has 37 heavy (non-hydrogen) atoms. The predicted octanol–water partition coefficient (Wildman–Crippen LogP) is 2.67. The number of aromatic nitrogens is 2. The molecule has 1 amide bonds. The van der Waals surface area contributed by atoms with Gasteiger partial charge in [0.25, 0.3) is 13.9 Å². The van der Waals surface area contributed by atoms with Crippen molar-refractivity contribution in [1.82, 2.24) is 20.8 Å². The van der Waals surface area contributed by atoms with Gasteiger partial charge in [-0.15, -0.1) is 5.10 Å². The Morgan fingerprint density at radius 3 is 2.27 bits per heavy atom. The van der Waals surface area contributed by atoms with Gasteiger partial charge in [-0.25, -0.2) is 0 Å². The maximum atomic E-state index is 12.8. The lowest BCUT2D eigenvalue weighted by atomic mass is 9.92. The molecule has 2 heterocycles. The van der Waals surface area contributed by atoms with Crippen LogP contribution in [0.15, 0.2) is 83.4 Å². The van der Waals surface area contributed by atoms with Crippen molar-refractivity contribution < 1.29 is 9.22 Å². The van der Waals surface area contributed by atoms with Gasteiger partial charge < -0.3 is 9.74 Å². The number of benzene rings is 2. The number of carbonyl (C=O) groups is 1. The third-order valence-electron chi connectivity index (χ3n) is 7.26. The van der Waals surface area contributed by atoms with E-state index in [4.69, 9.17) is 4.43 Å². The summed E-state index contributed by atoms with van der Waals surface area (Å²) in [4.78, 5) is 24.5. The Kier molecular flexibility index (Phi) is 6.66. The third-order valence-corrected chi connectivity index (χ3v) is 12.3. The molecule has 8 heteroatoms. The zero-order valence-electron chi connectivity index (χ0n) is 21.6. The summed E-state index contributed by atoms with van der Waals surface area (Å²) in [7, 11) is -2.75. The van der Waals surface area contributed by atoms with Crippen LogP contribution in [-0.2, 0) is 15.6 Å². The number of nitrogens with one attached hydrogen (secondary N) is 2. The Hall–Kier alpha value is -3.46. The average Bonchev–Trinajstić information content (AvgIpc) is 3.11. The van der Waals surface area contributed by atoms with E-state index in [0.29, 0.717) is 24.3 Å². The second-order valence-corrected chi connectivity index (χ2v) is 15.0. The molecule has 1 aromatic heterocycles. The second kappa shape index (κ2) is 9.78. The first-order valence-electron chi connectivity index (χ1n) is 12.6. The van der Waals surface area contributed by atoms with Crippen molar-refractivity contribution in [2.24, 2.45) is 0 Å². The van der Waals surface area contributed by atoms with E-state index in [1.807, 2.05) is 18.2 Å². The largest absolute Gasteiger partial charge is 0.405 e. The van der Waals surface area contributed by atoms with E-state index in [1.165, 1.54) is 17.3 Å². The summed E-state index contributed by atoms with van der Waals surface area (Å²) >= 11 is 0. The first-order valence-corrected chi connectivity index (χ1v) is 14.5. The Labute approximate surface area is 218 Å². The number of hydrogen-bond donors (Lipinski definition) is 2. The number of amides is 1. The maximum absolute atomic E-state index is 12.8. The molecule has 0 bridgehead atoms. The molecule has 0 spiro atoms. The van der Waals surface area contributed by atoms with Gasteiger partial charge in [0.2, 0.25) is 5.91 Å². The second-order valence-electron chi connectivity index (χ2n) is 10.7. The minimum atomic E-state index is -2.75. The molecular weight excluding hydrogens is 480 g/mol. The fraction of sp³-hybridized carbons (Fsp3) is 0.310. The van der Waals surface area contributed by atoms with Gasteiger partial charge in [0.05, 0.1) is 24.9 Å². The van der Waals surface area contributed by atoms with Crippen LogP contribution in [0.5, 0.6) is 0 Å². The minimum absolute atomic E-state index is 0.155. The Bertz CT molecular complexity index is 1360. The summed E-state index contributed by atoms with van der Waals surface area (Å²) in [6.45, 7) is 8.62. The molecular formula is C29H32N4O3Si. The molecule has 2 N–H and O–H groups in total. The van der Waals surface area contributed by atoms with Crippen molar-refractivity contribution in [1.29, 1.82) is 0 Å². The number of rotatable bonds is 6. The first kappa shape index (κ1) is 25.2. The number of allylic oxidation sites excluding steroid dienone is 1. The smallest absolute Gasteiger partial charge is 0.292 e. The van der Waals surface area contributed by atoms with Gasteiger partial charge in [0.15, 0.2) is 0 Å². The van der Waals surface area contributed by atoms with E-state index in [1.54, 1.807) is 6.20 Å². The molecule has 2 atom stereocenters. The molecule has 190 valence electrons. The van der Waals surface area contributed by atoms with Gasteiger partial charge >= 0.3 is 0 Å². The Balaban J connectivity index is 1.57. The van der Waals surface area contributed by atoms with Crippen LogP contribution in [-0.4, -0.2) is 31.0 Å². The quantitative estimate of drug-likeness (QED) is 0.494. The molecule has 0 saturated heterocycles. The Morgan fingerprint density at radius 2 is 1.70 bits per heavy atom. The molecule has 1 aliphatic carbocycles. The van der Waals surface area contributed by atoms with Crippen LogP contribution in [0.25, 0.3) is 0 Å². The van der Waals surface area contributed by atoms with Crippen molar-refractivity contribution in [3.63, 3.8) is 0 Å². The highest BCUT2D eigenvalue weighted by Crippen LogP contribution is 2.41. The summed E-state index contributed by atoms with van der Waals surface area (Å²) in [6, 6.07) is 20.6. The van der Waals surface area contributed by atoms with E-state index in [2.05, 4.69) is 90.1 Å². The molecule has 0 saturated carbocycles. The van der Waals surface area contributed by atoms with Crippen LogP contribution in [0.2, 0.25) is 5.04 Å². The van der Waals surface area contributed by atoms with Crippen molar-refractivity contribution in [3.8, 4) is 0 Å². The van der Waals surface area contributed by atoms with Crippen LogP contribution in [0.4, 0.5) is 0 Å². The summed E-state index contributed by atoms with van der Waals surface area (Å²) in [5.41, 5.74) is 2.73. The zero-order chi connectivity index (χ0) is 26.2.